The Balaban J connectivity index is 1.33. The Labute approximate surface area is 224 Å². The average molecular weight is 516 g/mol. The zero-order chi connectivity index (χ0) is 26.5. The van der Waals surface area contributed by atoms with Gasteiger partial charge in [0.1, 0.15) is 11.3 Å². The van der Waals surface area contributed by atoms with Crippen molar-refractivity contribution in [2.75, 3.05) is 39.4 Å². The second-order valence-corrected chi connectivity index (χ2v) is 10.1. The van der Waals surface area contributed by atoms with Gasteiger partial charge in [0.05, 0.1) is 19.3 Å². The van der Waals surface area contributed by atoms with Crippen LogP contribution in [0.1, 0.15) is 29.5 Å². The van der Waals surface area contributed by atoms with Crippen LogP contribution in [0.25, 0.3) is 33.7 Å². The van der Waals surface area contributed by atoms with Gasteiger partial charge >= 0.3 is 0 Å². The number of aliphatic hydroxyl groups is 2. The van der Waals surface area contributed by atoms with E-state index in [1.54, 1.807) is 0 Å². The third-order valence-electron chi connectivity index (χ3n) is 7.30. The van der Waals surface area contributed by atoms with E-state index in [1.807, 2.05) is 30.3 Å². The number of benzene rings is 3. The summed E-state index contributed by atoms with van der Waals surface area (Å²) in [5.41, 5.74) is 8.06. The molecule has 1 atom stereocenters. The number of oxazole rings is 1. The first-order chi connectivity index (χ1) is 18.5. The van der Waals surface area contributed by atoms with E-state index in [2.05, 4.69) is 48.3 Å². The fraction of sp³-hybridized carbons (Fsp3) is 0.387. The minimum Gasteiger partial charge on any atom is -0.493 e. The molecular formula is C31H37N3O4. The normalized spacial score (nSPS) is 15.9. The lowest BCUT2D eigenvalue weighted by atomic mass is 9.95. The van der Waals surface area contributed by atoms with Crippen LogP contribution < -0.4 is 10.1 Å². The molecular weight excluding hydrogens is 478 g/mol. The molecule has 0 amide bonds. The van der Waals surface area contributed by atoms with Crippen molar-refractivity contribution in [3.63, 3.8) is 0 Å². The highest BCUT2D eigenvalue weighted by atomic mass is 16.5. The van der Waals surface area contributed by atoms with Gasteiger partial charge in [-0.1, -0.05) is 30.3 Å². The van der Waals surface area contributed by atoms with Gasteiger partial charge in [-0.25, -0.2) is 4.98 Å². The van der Waals surface area contributed by atoms with Crippen molar-refractivity contribution in [2.24, 2.45) is 0 Å². The Kier molecular flexibility index (Phi) is 8.39. The molecule has 0 radical (unpaired) electrons. The van der Waals surface area contributed by atoms with E-state index in [9.17, 15) is 5.11 Å². The monoisotopic (exact) mass is 515 g/mol. The number of hydrogen-bond donors (Lipinski definition) is 3. The lowest BCUT2D eigenvalue weighted by Gasteiger charge is -2.17. The molecule has 3 aromatic carbocycles. The summed E-state index contributed by atoms with van der Waals surface area (Å²) in [4.78, 5) is 7.07. The molecule has 1 aliphatic rings. The van der Waals surface area contributed by atoms with Crippen LogP contribution in [0.4, 0.5) is 0 Å². The Morgan fingerprint density at radius 3 is 2.74 bits per heavy atom. The third kappa shape index (κ3) is 5.92. The van der Waals surface area contributed by atoms with Gasteiger partial charge in [-0.2, -0.15) is 0 Å². The van der Waals surface area contributed by atoms with Crippen LogP contribution in [0.2, 0.25) is 0 Å². The standard InChI is InChI=1S/C31H37N3O4/c1-21-26(8-4-9-29(21)37-17-5-14-34-15-12-25(36)20-34)27-10-11-28-30(22(27)2)38-31(33-28)24-7-3-6-23(18-24)19-32-13-16-35/h3-4,6-11,18,25,32,35-36H,5,12-17,19-20H2,1-2H3/t25-/m1/s1. The zero-order valence-corrected chi connectivity index (χ0v) is 22.2. The molecule has 38 heavy (non-hydrogen) atoms. The van der Waals surface area contributed by atoms with E-state index in [0.29, 0.717) is 25.6 Å². The summed E-state index contributed by atoms with van der Waals surface area (Å²) in [5, 5.41) is 21.9. The first-order valence-electron chi connectivity index (χ1n) is 13.5. The van der Waals surface area contributed by atoms with E-state index >= 15 is 0 Å². The van der Waals surface area contributed by atoms with Crippen molar-refractivity contribution in [1.82, 2.24) is 15.2 Å². The summed E-state index contributed by atoms with van der Waals surface area (Å²) < 4.78 is 12.5. The number of aryl methyl sites for hydroxylation is 1. The number of nitrogens with one attached hydrogen (secondary N) is 1. The van der Waals surface area contributed by atoms with Gasteiger partial charge in [0.2, 0.25) is 5.89 Å². The molecule has 3 N–H and O–H groups in total. The summed E-state index contributed by atoms with van der Waals surface area (Å²) >= 11 is 0. The molecule has 7 nitrogen and oxygen atoms in total. The molecule has 1 saturated heterocycles. The minimum absolute atomic E-state index is 0.117. The number of aliphatic hydroxyl groups excluding tert-OH is 2. The lowest BCUT2D eigenvalue weighted by Crippen LogP contribution is -2.24. The quantitative estimate of drug-likeness (QED) is 0.250. The first kappa shape index (κ1) is 26.4. The van der Waals surface area contributed by atoms with E-state index in [-0.39, 0.29) is 12.7 Å². The minimum atomic E-state index is -0.180. The van der Waals surface area contributed by atoms with Crippen LogP contribution in [0.3, 0.4) is 0 Å². The highest BCUT2D eigenvalue weighted by Gasteiger charge is 2.20. The number of fused-ring (bicyclic) bond motifs is 1. The molecule has 1 fully saturated rings. The molecule has 200 valence electrons. The van der Waals surface area contributed by atoms with Crippen LogP contribution in [0, 0.1) is 13.8 Å². The smallest absolute Gasteiger partial charge is 0.227 e. The molecule has 7 heteroatoms. The predicted octanol–water partition coefficient (Wildman–Crippen LogP) is 4.70. The van der Waals surface area contributed by atoms with Crippen molar-refractivity contribution in [2.45, 2.75) is 39.3 Å². The molecule has 0 saturated carbocycles. The number of hydrogen-bond acceptors (Lipinski definition) is 7. The van der Waals surface area contributed by atoms with E-state index < -0.39 is 0 Å². The van der Waals surface area contributed by atoms with Crippen LogP contribution in [-0.2, 0) is 6.54 Å². The number of aromatic nitrogens is 1. The van der Waals surface area contributed by atoms with Crippen molar-refractivity contribution in [3.8, 4) is 28.3 Å². The average Bonchev–Trinajstić information content (AvgIpc) is 3.55. The van der Waals surface area contributed by atoms with Gasteiger partial charge in [0.15, 0.2) is 5.58 Å². The summed E-state index contributed by atoms with van der Waals surface area (Å²) in [5.74, 6) is 1.50. The van der Waals surface area contributed by atoms with Crippen LogP contribution in [0.15, 0.2) is 59.0 Å². The Bertz CT molecular complexity index is 1380. The SMILES string of the molecule is Cc1c(OCCCN2CC[C@@H](O)C2)cccc1-c1ccc2nc(-c3cccc(CNCCO)c3)oc2c1C. The maximum atomic E-state index is 9.71. The fourth-order valence-electron chi connectivity index (χ4n) is 5.21. The number of β-amino-alcohol motifs (C(OH)–C–C–N with tert-alkyl or cyclic N) is 1. The van der Waals surface area contributed by atoms with Gasteiger partial charge < -0.3 is 29.6 Å². The number of nitrogens with zero attached hydrogens (tertiary/aromatic N) is 2. The van der Waals surface area contributed by atoms with E-state index in [0.717, 1.165) is 82.7 Å². The lowest BCUT2D eigenvalue weighted by molar-refractivity contribution is 0.173. The predicted molar refractivity (Wildman–Crippen MR) is 150 cm³/mol. The molecule has 5 rings (SSSR count). The van der Waals surface area contributed by atoms with Crippen LogP contribution in [-0.4, -0.2) is 65.6 Å². The van der Waals surface area contributed by atoms with Crippen LogP contribution >= 0.6 is 0 Å². The summed E-state index contributed by atoms with van der Waals surface area (Å²) in [6, 6.07) is 18.5. The molecule has 2 heterocycles. The molecule has 4 aromatic rings. The van der Waals surface area contributed by atoms with Crippen molar-refractivity contribution in [1.29, 1.82) is 0 Å². The van der Waals surface area contributed by atoms with Crippen molar-refractivity contribution < 1.29 is 19.4 Å². The van der Waals surface area contributed by atoms with E-state index in [1.165, 1.54) is 0 Å². The highest BCUT2D eigenvalue weighted by molar-refractivity contribution is 5.87. The second kappa shape index (κ2) is 12.1. The number of ether oxygens (including phenoxy) is 1. The molecule has 0 unspecified atom stereocenters. The Morgan fingerprint density at radius 1 is 1.08 bits per heavy atom. The molecule has 0 spiro atoms. The zero-order valence-electron chi connectivity index (χ0n) is 22.2. The van der Waals surface area contributed by atoms with Gasteiger partial charge in [-0.3, -0.25) is 0 Å². The molecule has 0 aliphatic carbocycles. The Hall–Kier alpha value is -3.23. The highest BCUT2D eigenvalue weighted by Crippen LogP contribution is 2.36. The van der Waals surface area contributed by atoms with Crippen molar-refractivity contribution in [3.05, 3.63) is 71.3 Å². The largest absolute Gasteiger partial charge is 0.493 e. The summed E-state index contributed by atoms with van der Waals surface area (Å²) in [6.45, 7) is 8.87. The first-order valence-corrected chi connectivity index (χ1v) is 13.5. The van der Waals surface area contributed by atoms with Crippen molar-refractivity contribution >= 4 is 11.1 Å². The Morgan fingerprint density at radius 2 is 1.92 bits per heavy atom. The van der Waals surface area contributed by atoms with Crippen LogP contribution in [0.5, 0.6) is 5.75 Å². The molecule has 0 bridgehead atoms. The van der Waals surface area contributed by atoms with Gasteiger partial charge in [0.25, 0.3) is 0 Å². The summed E-state index contributed by atoms with van der Waals surface area (Å²) in [6.07, 6.45) is 1.62. The number of rotatable bonds is 11. The summed E-state index contributed by atoms with van der Waals surface area (Å²) in [7, 11) is 0. The maximum absolute atomic E-state index is 9.71. The topological polar surface area (TPSA) is 91.0 Å². The van der Waals surface area contributed by atoms with Gasteiger partial charge in [-0.15, -0.1) is 0 Å². The fourth-order valence-corrected chi connectivity index (χ4v) is 5.21. The van der Waals surface area contributed by atoms with E-state index in [4.69, 9.17) is 19.2 Å². The maximum Gasteiger partial charge on any atom is 0.227 e. The molecule has 1 aromatic heterocycles. The van der Waals surface area contributed by atoms with Gasteiger partial charge in [-0.05, 0) is 73.2 Å². The third-order valence-corrected chi connectivity index (χ3v) is 7.30. The number of likely N-dealkylation sites (tertiary alicyclic amines) is 1. The molecule has 1 aliphatic heterocycles. The second-order valence-electron chi connectivity index (χ2n) is 10.1. The van der Waals surface area contributed by atoms with Gasteiger partial charge in [0, 0.05) is 43.9 Å².